The van der Waals surface area contributed by atoms with Gasteiger partial charge < -0.3 is 40.7 Å². The van der Waals surface area contributed by atoms with Gasteiger partial charge in [0.25, 0.3) is 0 Å². The van der Waals surface area contributed by atoms with Crippen LogP contribution in [0, 0.1) is 5.41 Å². The van der Waals surface area contributed by atoms with E-state index in [9.17, 15) is 24.3 Å². The van der Waals surface area contributed by atoms with Crippen LogP contribution in [0.25, 0.3) is 0 Å². The van der Waals surface area contributed by atoms with Crippen LogP contribution in [0.3, 0.4) is 0 Å². The van der Waals surface area contributed by atoms with Crippen LogP contribution in [0.5, 0.6) is 0 Å². The zero-order valence-electron chi connectivity index (χ0n) is 20.3. The first-order valence-corrected chi connectivity index (χ1v) is 11.7. The number of nitrogens with two attached hydrogens (primary N) is 1. The number of benzene rings is 1. The van der Waals surface area contributed by atoms with Crippen LogP contribution in [0.4, 0.5) is 4.79 Å². The van der Waals surface area contributed by atoms with Crippen LogP contribution >= 0.6 is 12.4 Å². The Morgan fingerprint density at radius 1 is 1.24 bits per heavy atom. The number of carbonyl (C=O) groups excluding carboxylic acids is 3. The number of carboxylic acid groups (broad SMARTS) is 1. The normalized spacial score (nSPS) is 17.5. The summed E-state index contributed by atoms with van der Waals surface area (Å²) in [5.41, 5.74) is 6.26. The van der Waals surface area contributed by atoms with Crippen molar-refractivity contribution >= 4 is 42.2 Å². The number of guanidine groups is 1. The van der Waals surface area contributed by atoms with Gasteiger partial charge in [-0.3, -0.25) is 19.8 Å². The molecule has 1 saturated heterocycles. The lowest BCUT2D eigenvalue weighted by atomic mass is 10.1. The van der Waals surface area contributed by atoms with Gasteiger partial charge >= 0.3 is 12.1 Å². The van der Waals surface area contributed by atoms with Gasteiger partial charge in [0.05, 0.1) is 19.1 Å². The molecule has 1 aliphatic carbocycles. The molecule has 2 aliphatic rings. The Morgan fingerprint density at radius 2 is 1.95 bits per heavy atom. The second-order valence-electron chi connectivity index (χ2n) is 8.68. The second kappa shape index (κ2) is 14.2. The smallest absolute Gasteiger partial charge is 0.408 e. The van der Waals surface area contributed by atoms with Crippen molar-refractivity contribution in [3.8, 4) is 0 Å². The summed E-state index contributed by atoms with van der Waals surface area (Å²) in [5, 5.41) is 21.9. The number of nitrogens with one attached hydrogen (secondary N) is 3. The quantitative estimate of drug-likeness (QED) is 0.188. The van der Waals surface area contributed by atoms with Crippen molar-refractivity contribution in [3.05, 3.63) is 35.9 Å². The van der Waals surface area contributed by atoms with Gasteiger partial charge in [-0.15, -0.1) is 12.4 Å². The van der Waals surface area contributed by atoms with Crippen molar-refractivity contribution in [2.24, 2.45) is 5.73 Å². The molecule has 3 rings (SSSR count). The Labute approximate surface area is 220 Å². The molecular weight excluding hydrogens is 508 g/mol. The fourth-order valence-electron chi connectivity index (χ4n) is 3.77. The minimum atomic E-state index is -1.31. The minimum absolute atomic E-state index is 0. The Bertz CT molecular complexity index is 962. The molecule has 0 bridgehead atoms. The maximum absolute atomic E-state index is 13.2. The number of hydrogen-bond acceptors (Lipinski definition) is 7. The Kier molecular flexibility index (Phi) is 11.4. The van der Waals surface area contributed by atoms with Crippen LogP contribution in [-0.2, 0) is 30.5 Å². The van der Waals surface area contributed by atoms with Crippen molar-refractivity contribution in [3.63, 3.8) is 0 Å². The van der Waals surface area contributed by atoms with Crippen LogP contribution in [0.15, 0.2) is 30.3 Å². The van der Waals surface area contributed by atoms with Crippen molar-refractivity contribution in [1.82, 2.24) is 20.4 Å². The van der Waals surface area contributed by atoms with Crippen LogP contribution in [-0.4, -0.2) is 95.7 Å². The SMILES string of the molecule is Cl.N=C(N)N1CCOC(CNC(=O)C[C@H](NC(=O)OCc2ccccc2)C(=O)N(CC(=O)O)C2CC2)C1. The Hall–Kier alpha value is -3.58. The van der Waals surface area contributed by atoms with E-state index in [0.29, 0.717) is 32.5 Å². The van der Waals surface area contributed by atoms with E-state index in [2.05, 4.69) is 10.6 Å². The van der Waals surface area contributed by atoms with Crippen molar-refractivity contribution in [2.75, 3.05) is 32.8 Å². The van der Waals surface area contributed by atoms with Gasteiger partial charge in [-0.2, -0.15) is 0 Å². The molecule has 1 heterocycles. The number of carboxylic acids is 1. The lowest BCUT2D eigenvalue weighted by Gasteiger charge is -2.33. The molecule has 13 nitrogen and oxygen atoms in total. The van der Waals surface area contributed by atoms with Gasteiger partial charge in [0, 0.05) is 25.7 Å². The molecule has 1 aliphatic heterocycles. The highest BCUT2D eigenvalue weighted by molar-refractivity contribution is 5.92. The van der Waals surface area contributed by atoms with Gasteiger partial charge in [-0.05, 0) is 18.4 Å². The summed E-state index contributed by atoms with van der Waals surface area (Å²) >= 11 is 0. The molecular formula is C23H33ClN6O7. The summed E-state index contributed by atoms with van der Waals surface area (Å²) < 4.78 is 10.8. The highest BCUT2D eigenvalue weighted by Crippen LogP contribution is 2.27. The van der Waals surface area contributed by atoms with E-state index in [4.69, 9.17) is 20.6 Å². The van der Waals surface area contributed by atoms with E-state index in [1.807, 2.05) is 6.07 Å². The molecule has 6 N–H and O–H groups in total. The standard InChI is InChI=1S/C23H32N6O7.ClH/c24-22(25)28-8-9-35-17(12-28)11-26-19(30)10-18(21(33)29(13-20(31)32)16-6-7-16)27-23(34)36-14-15-4-2-1-3-5-15;/h1-5,16-18H,6-14H2,(H3,24,25)(H,26,30)(H,27,34)(H,31,32);1H/t17?,18-;/m0./s1. The molecule has 0 spiro atoms. The van der Waals surface area contributed by atoms with E-state index in [1.165, 1.54) is 4.90 Å². The molecule has 204 valence electrons. The topological polar surface area (TPSA) is 187 Å². The highest BCUT2D eigenvalue weighted by Gasteiger charge is 2.38. The predicted octanol–water partition coefficient (Wildman–Crippen LogP) is -0.121. The number of amides is 3. The average Bonchev–Trinajstić information content (AvgIpc) is 3.70. The first-order valence-electron chi connectivity index (χ1n) is 11.7. The third-order valence-corrected chi connectivity index (χ3v) is 5.78. The maximum atomic E-state index is 13.2. The van der Waals surface area contributed by atoms with Gasteiger partial charge in [0.2, 0.25) is 11.8 Å². The van der Waals surface area contributed by atoms with Gasteiger partial charge in [-0.1, -0.05) is 30.3 Å². The fraction of sp³-hybridized carbons (Fsp3) is 0.522. The highest BCUT2D eigenvalue weighted by atomic mass is 35.5. The molecule has 2 atom stereocenters. The number of morpholine rings is 1. The first-order chi connectivity index (χ1) is 17.2. The summed E-state index contributed by atoms with van der Waals surface area (Å²) in [6, 6.07) is 7.39. The number of halogens is 1. The predicted molar refractivity (Wildman–Crippen MR) is 134 cm³/mol. The third-order valence-electron chi connectivity index (χ3n) is 5.78. The summed E-state index contributed by atoms with van der Waals surface area (Å²) in [5.74, 6) is -2.47. The molecule has 1 unspecified atom stereocenters. The summed E-state index contributed by atoms with van der Waals surface area (Å²) in [6.45, 7) is 0.707. The average molecular weight is 541 g/mol. The number of aliphatic carboxylic acids is 1. The van der Waals surface area contributed by atoms with Crippen molar-refractivity contribution < 1.29 is 33.8 Å². The second-order valence-corrected chi connectivity index (χ2v) is 8.68. The zero-order chi connectivity index (χ0) is 26.1. The number of hydrogen-bond donors (Lipinski definition) is 5. The molecule has 1 saturated carbocycles. The molecule has 37 heavy (non-hydrogen) atoms. The van der Waals surface area contributed by atoms with E-state index < -0.39 is 49.0 Å². The van der Waals surface area contributed by atoms with Gasteiger partial charge in [-0.25, -0.2) is 4.79 Å². The number of alkyl carbamates (subject to hydrolysis) is 1. The molecule has 1 aromatic carbocycles. The monoisotopic (exact) mass is 540 g/mol. The number of rotatable bonds is 11. The molecule has 0 radical (unpaired) electrons. The largest absolute Gasteiger partial charge is 0.480 e. The maximum Gasteiger partial charge on any atom is 0.408 e. The van der Waals surface area contributed by atoms with E-state index in [0.717, 1.165) is 5.56 Å². The van der Waals surface area contributed by atoms with Crippen LogP contribution < -0.4 is 16.4 Å². The summed E-state index contributed by atoms with van der Waals surface area (Å²) in [7, 11) is 0. The summed E-state index contributed by atoms with van der Waals surface area (Å²) in [4.78, 5) is 52.4. The molecule has 1 aromatic rings. The lowest BCUT2D eigenvalue weighted by molar-refractivity contribution is -0.146. The number of ether oxygens (including phenoxy) is 2. The van der Waals surface area contributed by atoms with Crippen LogP contribution in [0.1, 0.15) is 24.8 Å². The van der Waals surface area contributed by atoms with Crippen molar-refractivity contribution in [2.45, 2.75) is 44.1 Å². The molecule has 2 fully saturated rings. The molecule has 14 heteroatoms. The Balaban J connectivity index is 0.00000481. The Morgan fingerprint density at radius 3 is 2.57 bits per heavy atom. The summed E-state index contributed by atoms with van der Waals surface area (Å²) in [6.07, 6.45) is -0.404. The number of nitrogens with zero attached hydrogens (tertiary/aromatic N) is 2. The van der Waals surface area contributed by atoms with E-state index in [-0.39, 0.29) is 37.6 Å². The minimum Gasteiger partial charge on any atom is -0.480 e. The zero-order valence-corrected chi connectivity index (χ0v) is 21.1. The number of carbonyl (C=O) groups is 4. The lowest BCUT2D eigenvalue weighted by Crippen LogP contribution is -2.54. The molecule has 3 amide bonds. The fourth-order valence-corrected chi connectivity index (χ4v) is 3.77. The molecule has 0 aromatic heterocycles. The van der Waals surface area contributed by atoms with E-state index in [1.54, 1.807) is 29.2 Å². The van der Waals surface area contributed by atoms with Crippen molar-refractivity contribution in [1.29, 1.82) is 5.41 Å². The van der Waals surface area contributed by atoms with Gasteiger partial charge in [0.1, 0.15) is 19.2 Å². The van der Waals surface area contributed by atoms with E-state index >= 15 is 0 Å². The first kappa shape index (κ1) is 29.6. The van der Waals surface area contributed by atoms with Gasteiger partial charge in [0.15, 0.2) is 5.96 Å². The van der Waals surface area contributed by atoms with Crippen LogP contribution in [0.2, 0.25) is 0 Å². The third kappa shape index (κ3) is 9.77.